The minimum atomic E-state index is -0.653. The highest BCUT2D eigenvalue weighted by Crippen LogP contribution is 2.22. The Morgan fingerprint density at radius 1 is 1.00 bits per heavy atom. The maximum absolute atomic E-state index is 12.6. The number of carbonyl (C=O) groups is 4. The Morgan fingerprint density at radius 2 is 1.69 bits per heavy atom. The smallest absolute Gasteiger partial charge is 0.308 e. The molecule has 0 radical (unpaired) electrons. The third kappa shape index (κ3) is 3.99. The van der Waals surface area contributed by atoms with Gasteiger partial charge in [-0.05, 0) is 44.2 Å². The fourth-order valence-electron chi connectivity index (χ4n) is 3.83. The molecular formula is C24H22N2O6. The lowest BCUT2D eigenvalue weighted by molar-refractivity contribution is -0.142. The molecule has 0 N–H and O–H groups in total. The van der Waals surface area contributed by atoms with Gasteiger partial charge in [-0.2, -0.15) is 0 Å². The highest BCUT2D eigenvalue weighted by Gasteiger charge is 2.35. The average molecular weight is 434 g/mol. The number of aryl methyl sites for hydroxylation is 1. The summed E-state index contributed by atoms with van der Waals surface area (Å²) in [5, 5.41) is 0. The second-order valence-corrected chi connectivity index (χ2v) is 7.59. The average Bonchev–Trinajstić information content (AvgIpc) is 3.46. The molecule has 0 fully saturated rings. The number of fused-ring (bicyclic) bond motifs is 1. The van der Waals surface area contributed by atoms with Crippen LogP contribution in [0, 0.1) is 13.8 Å². The molecular weight excluding hydrogens is 412 g/mol. The molecule has 1 aliphatic rings. The minimum absolute atomic E-state index is 0.100. The molecule has 0 saturated heterocycles. The van der Waals surface area contributed by atoms with Gasteiger partial charge in [-0.25, -0.2) is 0 Å². The Labute approximate surface area is 184 Å². The second kappa shape index (κ2) is 8.66. The van der Waals surface area contributed by atoms with Crippen LogP contribution >= 0.6 is 0 Å². The van der Waals surface area contributed by atoms with Crippen LogP contribution in [0.4, 0.5) is 0 Å². The van der Waals surface area contributed by atoms with Crippen molar-refractivity contribution in [2.24, 2.45) is 0 Å². The molecule has 8 nitrogen and oxygen atoms in total. The van der Waals surface area contributed by atoms with E-state index in [0.29, 0.717) is 23.2 Å². The Balaban J connectivity index is 1.32. The first-order valence-corrected chi connectivity index (χ1v) is 10.2. The summed E-state index contributed by atoms with van der Waals surface area (Å²) in [6.45, 7) is 3.70. The van der Waals surface area contributed by atoms with Crippen LogP contribution in [0.25, 0.3) is 0 Å². The maximum atomic E-state index is 12.6. The van der Waals surface area contributed by atoms with Crippen LogP contribution in [0.1, 0.15) is 54.6 Å². The number of aromatic nitrogens is 1. The van der Waals surface area contributed by atoms with E-state index in [1.54, 1.807) is 42.7 Å². The van der Waals surface area contributed by atoms with Crippen molar-refractivity contribution < 1.29 is 28.3 Å². The zero-order valence-corrected chi connectivity index (χ0v) is 17.8. The van der Waals surface area contributed by atoms with E-state index in [0.717, 1.165) is 22.0 Å². The summed E-state index contributed by atoms with van der Waals surface area (Å²) in [5.74, 6) is -1.07. The van der Waals surface area contributed by atoms with Gasteiger partial charge in [0.05, 0.1) is 30.4 Å². The van der Waals surface area contributed by atoms with E-state index in [4.69, 9.17) is 9.15 Å². The maximum Gasteiger partial charge on any atom is 0.308 e. The lowest BCUT2D eigenvalue weighted by Gasteiger charge is -2.13. The van der Waals surface area contributed by atoms with Gasteiger partial charge in [-0.1, -0.05) is 12.1 Å². The second-order valence-electron chi connectivity index (χ2n) is 7.59. The molecule has 4 rings (SSSR count). The summed E-state index contributed by atoms with van der Waals surface area (Å²) in [6, 6.07) is 11.9. The molecule has 0 unspecified atom stereocenters. The molecule has 8 heteroatoms. The highest BCUT2D eigenvalue weighted by atomic mass is 16.5. The van der Waals surface area contributed by atoms with Gasteiger partial charge in [0, 0.05) is 23.5 Å². The first-order chi connectivity index (χ1) is 15.4. The van der Waals surface area contributed by atoms with Crippen LogP contribution in [-0.2, 0) is 16.1 Å². The largest absolute Gasteiger partial charge is 0.467 e. The number of carbonyl (C=O) groups excluding carboxylic acids is 4. The number of imide groups is 1. The number of benzene rings is 1. The van der Waals surface area contributed by atoms with E-state index in [9.17, 15) is 19.2 Å². The van der Waals surface area contributed by atoms with Crippen molar-refractivity contribution in [2.45, 2.75) is 26.8 Å². The number of ketones is 1. The summed E-state index contributed by atoms with van der Waals surface area (Å²) in [6.07, 6.45) is 1.41. The third-order valence-electron chi connectivity index (χ3n) is 5.55. The van der Waals surface area contributed by atoms with E-state index in [1.807, 2.05) is 24.5 Å². The fraction of sp³-hybridized carbons (Fsp3) is 0.250. The quantitative estimate of drug-likeness (QED) is 0.307. The van der Waals surface area contributed by atoms with Crippen molar-refractivity contribution in [3.05, 3.63) is 82.6 Å². The van der Waals surface area contributed by atoms with Crippen LogP contribution < -0.4 is 0 Å². The molecule has 0 bridgehead atoms. The lowest BCUT2D eigenvalue weighted by atomic mass is 10.1. The van der Waals surface area contributed by atoms with E-state index in [-0.39, 0.29) is 18.7 Å². The van der Waals surface area contributed by atoms with Gasteiger partial charge in [-0.15, -0.1) is 0 Å². The van der Waals surface area contributed by atoms with Gasteiger partial charge in [0.25, 0.3) is 11.8 Å². The number of rotatable bonds is 8. The number of ether oxygens (including phenoxy) is 1. The number of amides is 2. The third-order valence-corrected chi connectivity index (χ3v) is 5.55. The minimum Gasteiger partial charge on any atom is -0.467 e. The summed E-state index contributed by atoms with van der Waals surface area (Å²) in [7, 11) is 0. The lowest BCUT2D eigenvalue weighted by Crippen LogP contribution is -2.32. The Bertz CT molecular complexity index is 1170. The predicted octanol–water partition coefficient (Wildman–Crippen LogP) is 3.16. The van der Waals surface area contributed by atoms with Gasteiger partial charge in [0.1, 0.15) is 5.76 Å². The molecule has 164 valence electrons. The highest BCUT2D eigenvalue weighted by molar-refractivity contribution is 6.21. The zero-order chi connectivity index (χ0) is 22.8. The Kier molecular flexibility index (Phi) is 5.77. The first-order valence-electron chi connectivity index (χ1n) is 10.2. The van der Waals surface area contributed by atoms with E-state index in [1.165, 1.54) is 0 Å². The van der Waals surface area contributed by atoms with Crippen LogP contribution in [0.15, 0.2) is 53.1 Å². The van der Waals surface area contributed by atoms with E-state index < -0.39 is 24.4 Å². The van der Waals surface area contributed by atoms with Crippen LogP contribution in [0.3, 0.4) is 0 Å². The van der Waals surface area contributed by atoms with E-state index >= 15 is 0 Å². The number of hydrogen-bond donors (Lipinski definition) is 0. The molecule has 32 heavy (non-hydrogen) atoms. The normalized spacial score (nSPS) is 12.9. The van der Waals surface area contributed by atoms with Crippen molar-refractivity contribution >= 4 is 23.6 Å². The van der Waals surface area contributed by atoms with Crippen molar-refractivity contribution in [1.29, 1.82) is 0 Å². The fourth-order valence-corrected chi connectivity index (χ4v) is 3.83. The molecule has 0 atom stereocenters. The van der Waals surface area contributed by atoms with Crippen molar-refractivity contribution in [3.8, 4) is 0 Å². The van der Waals surface area contributed by atoms with Gasteiger partial charge >= 0.3 is 5.97 Å². The number of Topliss-reactive ketones (excluding diaryl/α,β-unsaturated/α-hetero) is 1. The van der Waals surface area contributed by atoms with Crippen LogP contribution in [0.5, 0.6) is 0 Å². The Morgan fingerprint density at radius 3 is 2.31 bits per heavy atom. The summed E-state index contributed by atoms with van der Waals surface area (Å²) in [4.78, 5) is 50.5. The van der Waals surface area contributed by atoms with Crippen molar-refractivity contribution in [1.82, 2.24) is 9.47 Å². The van der Waals surface area contributed by atoms with Crippen LogP contribution in [0.2, 0.25) is 0 Å². The molecule has 3 heterocycles. The summed E-state index contributed by atoms with van der Waals surface area (Å²) < 4.78 is 12.4. The number of esters is 1. The van der Waals surface area contributed by atoms with Gasteiger partial charge in [0.2, 0.25) is 5.78 Å². The molecule has 0 spiro atoms. The number of furan rings is 1. The van der Waals surface area contributed by atoms with E-state index in [2.05, 4.69) is 0 Å². The van der Waals surface area contributed by atoms with Gasteiger partial charge < -0.3 is 13.7 Å². The summed E-state index contributed by atoms with van der Waals surface area (Å²) in [5.41, 5.74) is 2.77. The van der Waals surface area contributed by atoms with Gasteiger partial charge in [-0.3, -0.25) is 24.1 Å². The number of nitrogens with zero attached hydrogens (tertiary/aromatic N) is 2. The molecule has 2 aromatic heterocycles. The van der Waals surface area contributed by atoms with Crippen LogP contribution in [-0.4, -0.2) is 46.2 Å². The molecule has 2 amide bonds. The molecule has 1 aromatic carbocycles. The number of hydrogen-bond acceptors (Lipinski definition) is 6. The van der Waals surface area contributed by atoms with Crippen molar-refractivity contribution in [3.63, 3.8) is 0 Å². The van der Waals surface area contributed by atoms with Gasteiger partial charge in [0.15, 0.2) is 6.61 Å². The molecule has 3 aromatic rings. The summed E-state index contributed by atoms with van der Waals surface area (Å²) >= 11 is 0. The Hall–Kier alpha value is -3.94. The molecule has 1 aliphatic heterocycles. The molecule has 0 aliphatic carbocycles. The monoisotopic (exact) mass is 434 g/mol. The first kappa shape index (κ1) is 21.3. The topological polar surface area (TPSA) is 98.8 Å². The molecule has 0 saturated carbocycles. The standard InChI is InChI=1S/C24H22N2O6/c1-15-12-20(16(2)26(15)13-17-6-5-11-31-17)21(27)14-32-22(28)9-10-25-23(29)18-7-3-4-8-19(18)24(25)30/h3-8,11-12H,9-10,13-14H2,1-2H3. The zero-order valence-electron chi connectivity index (χ0n) is 17.8. The predicted molar refractivity (Wildman–Crippen MR) is 113 cm³/mol. The SMILES string of the molecule is Cc1cc(C(=O)COC(=O)CCN2C(=O)c3ccccc3C2=O)c(C)n1Cc1ccco1. The van der Waals surface area contributed by atoms with Crippen molar-refractivity contribution in [2.75, 3.05) is 13.2 Å².